The zero-order valence-corrected chi connectivity index (χ0v) is 13.1. The van der Waals surface area contributed by atoms with E-state index in [-0.39, 0.29) is 25.9 Å². The second-order valence-electron chi connectivity index (χ2n) is 5.14. The summed E-state index contributed by atoms with van der Waals surface area (Å²) in [6.45, 7) is 0.697. The van der Waals surface area contributed by atoms with Gasteiger partial charge in [-0.3, -0.25) is 4.79 Å². The van der Waals surface area contributed by atoms with Gasteiger partial charge in [0.25, 0.3) is 5.91 Å². The molecule has 120 valence electrons. The van der Waals surface area contributed by atoms with Crippen LogP contribution in [0.3, 0.4) is 0 Å². The van der Waals surface area contributed by atoms with Crippen molar-refractivity contribution in [3.63, 3.8) is 0 Å². The van der Waals surface area contributed by atoms with Crippen LogP contribution in [0.4, 0.5) is 0 Å². The van der Waals surface area contributed by atoms with Crippen LogP contribution in [-0.4, -0.2) is 35.9 Å². The molecule has 5 nitrogen and oxygen atoms in total. The normalized spacial score (nSPS) is 12.3. The molecule has 2 aromatic carbocycles. The quantitative estimate of drug-likeness (QED) is 0.914. The van der Waals surface area contributed by atoms with E-state index in [9.17, 15) is 9.90 Å². The molecule has 0 aromatic heterocycles. The van der Waals surface area contributed by atoms with Gasteiger partial charge < -0.3 is 19.5 Å². The summed E-state index contributed by atoms with van der Waals surface area (Å²) in [5, 5.41) is 9.89. The second-order valence-corrected chi connectivity index (χ2v) is 5.58. The third-order valence-corrected chi connectivity index (χ3v) is 3.82. The molecule has 0 saturated carbocycles. The Morgan fingerprint density at radius 3 is 2.61 bits per heavy atom. The van der Waals surface area contributed by atoms with Gasteiger partial charge >= 0.3 is 0 Å². The van der Waals surface area contributed by atoms with E-state index in [2.05, 4.69) is 0 Å². The van der Waals surface area contributed by atoms with Gasteiger partial charge in [-0.15, -0.1) is 0 Å². The maximum Gasteiger partial charge on any atom is 0.254 e. The number of hydrogen-bond donors (Lipinski definition) is 1. The Morgan fingerprint density at radius 1 is 1.13 bits per heavy atom. The molecule has 1 amide bonds. The van der Waals surface area contributed by atoms with Crippen LogP contribution in [0.1, 0.15) is 15.9 Å². The van der Waals surface area contributed by atoms with Crippen LogP contribution in [0, 0.1) is 0 Å². The number of carbonyl (C=O) groups excluding carboxylic acids is 1. The van der Waals surface area contributed by atoms with Gasteiger partial charge in [0.05, 0.1) is 6.61 Å². The molecule has 23 heavy (non-hydrogen) atoms. The number of hydrogen-bond acceptors (Lipinski definition) is 4. The van der Waals surface area contributed by atoms with E-state index < -0.39 is 0 Å². The van der Waals surface area contributed by atoms with Gasteiger partial charge in [-0.05, 0) is 35.9 Å². The maximum atomic E-state index is 12.7. The number of halogens is 1. The largest absolute Gasteiger partial charge is 0.454 e. The number of amides is 1. The lowest BCUT2D eigenvalue weighted by Gasteiger charge is -2.22. The fourth-order valence-electron chi connectivity index (χ4n) is 2.40. The molecule has 1 aliphatic rings. The zero-order chi connectivity index (χ0) is 16.2. The molecule has 0 spiro atoms. The van der Waals surface area contributed by atoms with E-state index in [1.807, 2.05) is 12.1 Å². The van der Waals surface area contributed by atoms with Crippen LogP contribution in [0.25, 0.3) is 0 Å². The molecular weight excluding hydrogens is 318 g/mol. The first-order valence-electron chi connectivity index (χ1n) is 7.21. The molecule has 0 unspecified atom stereocenters. The monoisotopic (exact) mass is 333 g/mol. The predicted octanol–water partition coefficient (Wildman–Crippen LogP) is 2.70. The molecule has 0 fully saturated rings. The highest BCUT2D eigenvalue weighted by molar-refractivity contribution is 6.30. The lowest BCUT2D eigenvalue weighted by atomic mass is 10.1. The molecule has 3 rings (SSSR count). The smallest absolute Gasteiger partial charge is 0.254 e. The van der Waals surface area contributed by atoms with Crippen molar-refractivity contribution in [1.82, 2.24) is 4.90 Å². The number of nitrogens with zero attached hydrogens (tertiary/aromatic N) is 1. The fraction of sp³-hybridized carbons (Fsp3) is 0.235. The molecule has 0 bridgehead atoms. The van der Waals surface area contributed by atoms with Gasteiger partial charge in [-0.25, -0.2) is 0 Å². The van der Waals surface area contributed by atoms with E-state index >= 15 is 0 Å². The summed E-state index contributed by atoms with van der Waals surface area (Å²) >= 11 is 5.88. The zero-order valence-electron chi connectivity index (χ0n) is 12.4. The number of rotatable bonds is 5. The van der Waals surface area contributed by atoms with Crippen LogP contribution < -0.4 is 9.47 Å². The summed E-state index contributed by atoms with van der Waals surface area (Å²) in [4.78, 5) is 14.3. The second kappa shape index (κ2) is 6.89. The van der Waals surface area contributed by atoms with Gasteiger partial charge in [-0.1, -0.05) is 23.7 Å². The Morgan fingerprint density at radius 2 is 1.87 bits per heavy atom. The SMILES string of the molecule is O=C(c1ccc2c(c1)OCO2)N(CCO)Cc1ccc(Cl)cc1. The lowest BCUT2D eigenvalue weighted by Crippen LogP contribution is -2.33. The summed E-state index contributed by atoms with van der Waals surface area (Å²) in [5.74, 6) is 1.02. The number of aliphatic hydroxyl groups excluding tert-OH is 1. The molecule has 0 aliphatic carbocycles. The number of aliphatic hydroxyl groups is 1. The summed E-state index contributed by atoms with van der Waals surface area (Å²) in [7, 11) is 0. The van der Waals surface area contributed by atoms with Gasteiger partial charge in [0.2, 0.25) is 6.79 Å². The Balaban J connectivity index is 1.79. The first kappa shape index (κ1) is 15.6. The topological polar surface area (TPSA) is 59.0 Å². The van der Waals surface area contributed by atoms with Gasteiger partial charge in [0.15, 0.2) is 11.5 Å². The third-order valence-electron chi connectivity index (χ3n) is 3.56. The van der Waals surface area contributed by atoms with E-state index in [1.165, 1.54) is 0 Å². The molecule has 1 aliphatic heterocycles. The molecular formula is C17H16ClNO4. The van der Waals surface area contributed by atoms with Crippen LogP contribution >= 0.6 is 11.6 Å². The predicted molar refractivity (Wildman–Crippen MR) is 85.8 cm³/mol. The van der Waals surface area contributed by atoms with Crippen molar-refractivity contribution in [3.8, 4) is 11.5 Å². The molecule has 1 N–H and O–H groups in total. The number of benzene rings is 2. The Bertz CT molecular complexity index is 702. The minimum atomic E-state index is -0.174. The lowest BCUT2D eigenvalue weighted by molar-refractivity contribution is 0.0707. The number of ether oxygens (including phenoxy) is 2. The molecule has 0 atom stereocenters. The standard InChI is InChI=1S/C17H16ClNO4/c18-14-4-1-12(2-5-14)10-19(7-8-20)17(21)13-3-6-15-16(9-13)23-11-22-15/h1-6,9,20H,7-8,10-11H2. The first-order chi connectivity index (χ1) is 11.2. The maximum absolute atomic E-state index is 12.7. The molecule has 1 heterocycles. The van der Waals surface area contributed by atoms with Crippen molar-refractivity contribution in [2.75, 3.05) is 19.9 Å². The van der Waals surface area contributed by atoms with Crippen molar-refractivity contribution in [2.24, 2.45) is 0 Å². The van der Waals surface area contributed by atoms with Crippen molar-refractivity contribution in [2.45, 2.75) is 6.54 Å². The van der Waals surface area contributed by atoms with Gasteiger partial charge in [0, 0.05) is 23.7 Å². The summed E-state index contributed by atoms with van der Waals surface area (Å²) in [5.41, 5.74) is 1.44. The molecule has 0 radical (unpaired) electrons. The van der Waals surface area contributed by atoms with Crippen LogP contribution in [0.15, 0.2) is 42.5 Å². The average molecular weight is 334 g/mol. The molecule has 2 aromatic rings. The van der Waals surface area contributed by atoms with E-state index in [1.54, 1.807) is 35.2 Å². The minimum absolute atomic E-state index is 0.107. The summed E-state index contributed by atoms with van der Waals surface area (Å²) < 4.78 is 10.6. The van der Waals surface area contributed by atoms with E-state index in [0.29, 0.717) is 28.6 Å². The number of fused-ring (bicyclic) bond motifs is 1. The third kappa shape index (κ3) is 3.57. The van der Waals surface area contributed by atoms with Gasteiger partial charge in [0.1, 0.15) is 0 Å². The van der Waals surface area contributed by atoms with Crippen molar-refractivity contribution >= 4 is 17.5 Å². The molecule has 0 saturated heterocycles. The summed E-state index contributed by atoms with van der Waals surface area (Å²) in [6, 6.07) is 12.4. The highest BCUT2D eigenvalue weighted by Gasteiger charge is 2.20. The Kier molecular flexibility index (Phi) is 4.69. The minimum Gasteiger partial charge on any atom is -0.454 e. The fourth-order valence-corrected chi connectivity index (χ4v) is 2.52. The van der Waals surface area contributed by atoms with Crippen LogP contribution in [0.2, 0.25) is 5.02 Å². The highest BCUT2D eigenvalue weighted by atomic mass is 35.5. The average Bonchev–Trinajstić information content (AvgIpc) is 3.03. The van der Waals surface area contributed by atoms with Crippen LogP contribution in [-0.2, 0) is 6.54 Å². The van der Waals surface area contributed by atoms with Crippen molar-refractivity contribution in [3.05, 3.63) is 58.6 Å². The Labute approximate surface area is 139 Å². The highest BCUT2D eigenvalue weighted by Crippen LogP contribution is 2.32. The van der Waals surface area contributed by atoms with E-state index in [4.69, 9.17) is 21.1 Å². The van der Waals surface area contributed by atoms with Crippen LogP contribution in [0.5, 0.6) is 11.5 Å². The number of carbonyl (C=O) groups is 1. The first-order valence-corrected chi connectivity index (χ1v) is 7.59. The summed E-state index contributed by atoms with van der Waals surface area (Å²) in [6.07, 6.45) is 0. The Hall–Kier alpha value is -2.24. The van der Waals surface area contributed by atoms with Crippen molar-refractivity contribution < 1.29 is 19.4 Å². The van der Waals surface area contributed by atoms with Gasteiger partial charge in [-0.2, -0.15) is 0 Å². The van der Waals surface area contributed by atoms with E-state index in [0.717, 1.165) is 5.56 Å². The molecule has 6 heteroatoms. The van der Waals surface area contributed by atoms with Crippen molar-refractivity contribution in [1.29, 1.82) is 0 Å².